The lowest BCUT2D eigenvalue weighted by Gasteiger charge is -2.03. The number of carbonyl (C=O) groups excluding carboxylic acids is 1. The fourth-order valence-electron chi connectivity index (χ4n) is 1.53. The summed E-state index contributed by atoms with van der Waals surface area (Å²) in [5, 5.41) is 17.2. The highest BCUT2D eigenvalue weighted by molar-refractivity contribution is 6.19. The van der Waals surface area contributed by atoms with E-state index in [-0.39, 0.29) is 25.0 Å². The first-order chi connectivity index (χ1) is 10.2. The highest BCUT2D eigenvalue weighted by Crippen LogP contribution is 2.35. The monoisotopic (exact) mass is 312 g/mol. The molecule has 0 fully saturated rings. The number of azo groups is 1. The molecule has 0 unspecified atom stereocenters. The average molecular weight is 313 g/mol. The molecule has 1 aromatic carbocycles. The highest BCUT2D eigenvalue weighted by atomic mass is 35.5. The maximum absolute atomic E-state index is 11.7. The number of carbonyl (C=O) groups is 1. The zero-order chi connectivity index (χ0) is 15.2. The van der Waals surface area contributed by atoms with Gasteiger partial charge in [-0.2, -0.15) is 5.11 Å². The molecule has 1 aliphatic rings. The van der Waals surface area contributed by atoms with E-state index < -0.39 is 11.7 Å². The van der Waals surface area contributed by atoms with Gasteiger partial charge in [0.2, 0.25) is 12.5 Å². The van der Waals surface area contributed by atoms with E-state index in [1.165, 1.54) is 0 Å². The third kappa shape index (κ3) is 3.63. The van der Waals surface area contributed by atoms with Crippen LogP contribution >= 0.6 is 11.6 Å². The summed E-state index contributed by atoms with van der Waals surface area (Å²) in [7, 11) is 0. The first-order valence-corrected chi connectivity index (χ1v) is 6.65. The number of fused-ring (bicyclic) bond motifs is 1. The van der Waals surface area contributed by atoms with E-state index in [0.717, 1.165) is 0 Å². The second-order valence-electron chi connectivity index (χ2n) is 3.89. The van der Waals surface area contributed by atoms with Crippen LogP contribution in [0.3, 0.4) is 0 Å². The second-order valence-corrected chi connectivity index (χ2v) is 4.15. The highest BCUT2D eigenvalue weighted by Gasteiger charge is 2.17. The van der Waals surface area contributed by atoms with Crippen molar-refractivity contribution in [2.75, 3.05) is 19.3 Å². The number of alkyl halides is 1. The van der Waals surface area contributed by atoms with Crippen LogP contribution in [0.1, 0.15) is 6.92 Å². The van der Waals surface area contributed by atoms with Crippen molar-refractivity contribution in [1.29, 1.82) is 0 Å². The summed E-state index contributed by atoms with van der Waals surface area (Å²) in [6.45, 7) is 1.94. The van der Waals surface area contributed by atoms with Gasteiger partial charge >= 0.3 is 5.97 Å². The van der Waals surface area contributed by atoms with E-state index in [1.807, 2.05) is 0 Å². The Morgan fingerprint density at radius 1 is 1.43 bits per heavy atom. The maximum Gasteiger partial charge on any atom is 0.362 e. The number of aliphatic hydroxyl groups is 1. The van der Waals surface area contributed by atoms with Crippen LogP contribution < -0.4 is 9.47 Å². The molecule has 0 amide bonds. The van der Waals surface area contributed by atoms with Crippen molar-refractivity contribution < 1.29 is 24.1 Å². The topological polar surface area (TPSA) is 89.7 Å². The Balaban J connectivity index is 2.22. The largest absolute Gasteiger partial charge is 0.508 e. The van der Waals surface area contributed by atoms with Crippen molar-refractivity contribution in [3.8, 4) is 11.5 Å². The fraction of sp³-hybridized carbons (Fsp3) is 0.308. The van der Waals surface area contributed by atoms with Gasteiger partial charge in [0.05, 0.1) is 18.2 Å². The van der Waals surface area contributed by atoms with Crippen LogP contribution in [0.2, 0.25) is 0 Å². The molecule has 0 aliphatic carbocycles. The lowest BCUT2D eigenvalue weighted by atomic mass is 10.3. The van der Waals surface area contributed by atoms with Crippen molar-refractivity contribution in [3.63, 3.8) is 0 Å². The van der Waals surface area contributed by atoms with Crippen LogP contribution in [-0.2, 0) is 9.53 Å². The molecule has 1 N–H and O–H groups in total. The lowest BCUT2D eigenvalue weighted by Crippen LogP contribution is -2.09. The summed E-state index contributed by atoms with van der Waals surface area (Å²) in [6, 6.07) is 4.91. The van der Waals surface area contributed by atoms with Gasteiger partial charge in [-0.15, -0.1) is 16.7 Å². The Morgan fingerprint density at radius 2 is 2.19 bits per heavy atom. The molecular formula is C13H13ClN2O5. The number of esters is 1. The summed E-state index contributed by atoms with van der Waals surface area (Å²) in [5.41, 5.74) is 0.105. The van der Waals surface area contributed by atoms with Gasteiger partial charge in [0.1, 0.15) is 5.76 Å². The number of halogens is 1. The zero-order valence-corrected chi connectivity index (χ0v) is 12.0. The second kappa shape index (κ2) is 6.94. The SMILES string of the molecule is CCOC(=O)/C(N=Nc1ccc2c(c1)OCO2)=C(\O)CCl. The fourth-order valence-corrected chi connectivity index (χ4v) is 1.66. The first-order valence-electron chi connectivity index (χ1n) is 6.12. The van der Waals surface area contributed by atoms with Crippen molar-refractivity contribution in [1.82, 2.24) is 0 Å². The van der Waals surface area contributed by atoms with E-state index in [4.69, 9.17) is 25.8 Å². The molecule has 0 radical (unpaired) electrons. The minimum absolute atomic E-state index is 0.150. The number of rotatable bonds is 5. The third-order valence-electron chi connectivity index (χ3n) is 2.49. The Morgan fingerprint density at radius 3 is 2.90 bits per heavy atom. The first kappa shape index (κ1) is 15.1. The number of ether oxygens (including phenoxy) is 3. The average Bonchev–Trinajstić information content (AvgIpc) is 2.95. The van der Waals surface area contributed by atoms with Gasteiger partial charge < -0.3 is 19.3 Å². The van der Waals surface area contributed by atoms with Gasteiger partial charge in [-0.25, -0.2) is 4.79 Å². The van der Waals surface area contributed by atoms with Gasteiger partial charge in [-0.3, -0.25) is 0 Å². The van der Waals surface area contributed by atoms with E-state index in [9.17, 15) is 9.90 Å². The summed E-state index contributed by atoms with van der Waals surface area (Å²) >= 11 is 5.50. The van der Waals surface area contributed by atoms with E-state index >= 15 is 0 Å². The lowest BCUT2D eigenvalue weighted by molar-refractivity contribution is -0.138. The molecule has 21 heavy (non-hydrogen) atoms. The molecule has 1 aliphatic heterocycles. The molecule has 0 spiro atoms. The van der Waals surface area contributed by atoms with Crippen LogP contribution in [0.25, 0.3) is 0 Å². The molecule has 112 valence electrons. The van der Waals surface area contributed by atoms with Crippen molar-refractivity contribution in [2.45, 2.75) is 6.92 Å². The summed E-state index contributed by atoms with van der Waals surface area (Å²) in [4.78, 5) is 11.7. The number of nitrogens with zero attached hydrogens (tertiary/aromatic N) is 2. The summed E-state index contributed by atoms with van der Waals surface area (Å²) in [6.07, 6.45) is 0. The normalized spacial score (nSPS) is 14.2. The quantitative estimate of drug-likeness (QED) is 0.297. The molecule has 0 atom stereocenters. The van der Waals surface area contributed by atoms with Gasteiger partial charge in [0.15, 0.2) is 11.5 Å². The minimum atomic E-state index is -0.792. The maximum atomic E-state index is 11.7. The molecular weight excluding hydrogens is 300 g/mol. The molecule has 8 heteroatoms. The number of hydrogen-bond donors (Lipinski definition) is 1. The molecule has 7 nitrogen and oxygen atoms in total. The molecule has 0 aromatic heterocycles. The van der Waals surface area contributed by atoms with Gasteiger partial charge in [0, 0.05) is 6.07 Å². The van der Waals surface area contributed by atoms with Crippen LogP contribution in [0.15, 0.2) is 39.9 Å². The van der Waals surface area contributed by atoms with E-state index in [1.54, 1.807) is 25.1 Å². The Kier molecular flexibility index (Phi) is 4.99. The van der Waals surface area contributed by atoms with E-state index in [0.29, 0.717) is 17.2 Å². The summed E-state index contributed by atoms with van der Waals surface area (Å²) in [5.74, 6) is -0.318. The summed E-state index contributed by atoms with van der Waals surface area (Å²) < 4.78 is 15.1. The number of hydrogen-bond acceptors (Lipinski definition) is 7. The Labute approximate surface area is 125 Å². The standard InChI is InChI=1S/C13H13ClN2O5/c1-2-19-13(18)12(9(17)6-14)16-15-8-3-4-10-11(5-8)21-7-20-10/h3-5,17H,2,6-7H2,1H3/b12-9+,16-15?. The Hall–Kier alpha value is -2.28. The van der Waals surface area contributed by atoms with Crippen LogP contribution in [0.4, 0.5) is 5.69 Å². The number of benzene rings is 1. The van der Waals surface area contributed by atoms with Gasteiger partial charge in [0.25, 0.3) is 0 Å². The Bertz CT molecular complexity index is 600. The number of aliphatic hydroxyl groups excluding tert-OH is 1. The van der Waals surface area contributed by atoms with Crippen molar-refractivity contribution in [2.24, 2.45) is 10.2 Å². The van der Waals surface area contributed by atoms with Crippen LogP contribution in [0, 0.1) is 0 Å². The van der Waals surface area contributed by atoms with Crippen LogP contribution in [-0.4, -0.2) is 30.4 Å². The van der Waals surface area contributed by atoms with Gasteiger partial charge in [-0.1, -0.05) is 0 Å². The molecule has 1 aromatic rings. The molecule has 0 bridgehead atoms. The third-order valence-corrected chi connectivity index (χ3v) is 2.74. The molecule has 1 heterocycles. The smallest absolute Gasteiger partial charge is 0.362 e. The van der Waals surface area contributed by atoms with Crippen molar-refractivity contribution >= 4 is 23.3 Å². The predicted molar refractivity (Wildman–Crippen MR) is 74.1 cm³/mol. The molecule has 2 rings (SSSR count). The predicted octanol–water partition coefficient (Wildman–Crippen LogP) is 3.07. The minimum Gasteiger partial charge on any atom is -0.508 e. The van der Waals surface area contributed by atoms with Crippen LogP contribution in [0.5, 0.6) is 11.5 Å². The number of allylic oxidation sites excluding steroid dienone is 1. The molecule has 0 saturated carbocycles. The van der Waals surface area contributed by atoms with Crippen molar-refractivity contribution in [3.05, 3.63) is 29.7 Å². The van der Waals surface area contributed by atoms with E-state index in [2.05, 4.69) is 10.2 Å². The molecule has 0 saturated heterocycles. The zero-order valence-electron chi connectivity index (χ0n) is 11.2. The van der Waals surface area contributed by atoms with Gasteiger partial charge in [-0.05, 0) is 19.1 Å².